The molecule has 4 rings (SSSR count). The molecule has 0 radical (unpaired) electrons. The Morgan fingerprint density at radius 2 is 2.11 bits per heavy atom. The number of aryl methyl sites for hydroxylation is 1. The standard InChI is InChI=1S/C23H27FN2O2/c1-28-18-8-4-7-17(14-18)19-15-26(21-10-5-13-25-23(19)21)22(27)12-11-16-6-2-3-9-20(16)24/h2-4,6-9,14,19,21,23,25H,5,10-13,15H2,1H3/t19-,21-,23-/m1/s1. The molecular formula is C23H27FN2O2. The highest BCUT2D eigenvalue weighted by atomic mass is 19.1. The van der Waals surface area contributed by atoms with Crippen LogP contribution in [0, 0.1) is 5.82 Å². The van der Waals surface area contributed by atoms with Crippen LogP contribution in [-0.4, -0.2) is 43.1 Å². The highest BCUT2D eigenvalue weighted by molar-refractivity contribution is 5.77. The van der Waals surface area contributed by atoms with Gasteiger partial charge in [0.1, 0.15) is 11.6 Å². The fourth-order valence-electron chi connectivity index (χ4n) is 4.67. The summed E-state index contributed by atoms with van der Waals surface area (Å²) in [6.45, 7) is 1.69. The summed E-state index contributed by atoms with van der Waals surface area (Å²) in [6, 6.07) is 15.3. The van der Waals surface area contributed by atoms with Gasteiger partial charge in [0.25, 0.3) is 0 Å². The quantitative estimate of drug-likeness (QED) is 0.860. The molecule has 2 aromatic carbocycles. The van der Waals surface area contributed by atoms with Crippen LogP contribution in [0.4, 0.5) is 4.39 Å². The SMILES string of the molecule is COc1cccc([C@H]2CN(C(=O)CCc3ccccc3F)[C@@H]3CCCN[C@H]23)c1. The first kappa shape index (κ1) is 18.9. The van der Waals surface area contributed by atoms with Gasteiger partial charge < -0.3 is 15.0 Å². The van der Waals surface area contributed by atoms with Crippen molar-refractivity contribution in [1.29, 1.82) is 0 Å². The monoisotopic (exact) mass is 382 g/mol. The van der Waals surface area contributed by atoms with Crippen molar-refractivity contribution in [1.82, 2.24) is 10.2 Å². The van der Waals surface area contributed by atoms with E-state index in [0.717, 1.165) is 25.1 Å². The fourth-order valence-corrected chi connectivity index (χ4v) is 4.67. The molecule has 1 amide bonds. The van der Waals surface area contributed by atoms with E-state index in [4.69, 9.17) is 4.74 Å². The molecule has 0 spiro atoms. The molecule has 5 heteroatoms. The molecule has 4 nitrogen and oxygen atoms in total. The predicted octanol–water partition coefficient (Wildman–Crippen LogP) is 3.51. The third-order valence-electron chi connectivity index (χ3n) is 6.11. The van der Waals surface area contributed by atoms with Crippen LogP contribution < -0.4 is 10.1 Å². The predicted molar refractivity (Wildman–Crippen MR) is 107 cm³/mol. The average molecular weight is 382 g/mol. The number of piperidine rings is 1. The van der Waals surface area contributed by atoms with Gasteiger partial charge in [0.15, 0.2) is 0 Å². The van der Waals surface area contributed by atoms with Crippen LogP contribution in [0.25, 0.3) is 0 Å². The van der Waals surface area contributed by atoms with Gasteiger partial charge in [-0.3, -0.25) is 4.79 Å². The minimum atomic E-state index is -0.233. The van der Waals surface area contributed by atoms with Gasteiger partial charge in [0.2, 0.25) is 5.91 Å². The summed E-state index contributed by atoms with van der Waals surface area (Å²) in [5.41, 5.74) is 1.81. The molecule has 2 aliphatic heterocycles. The molecule has 148 valence electrons. The lowest BCUT2D eigenvalue weighted by molar-refractivity contribution is -0.132. The second-order valence-electron chi connectivity index (χ2n) is 7.71. The van der Waals surface area contributed by atoms with E-state index in [2.05, 4.69) is 17.4 Å². The van der Waals surface area contributed by atoms with Crippen LogP contribution in [0.1, 0.15) is 36.3 Å². The lowest BCUT2D eigenvalue weighted by Gasteiger charge is -2.33. The molecule has 0 aromatic heterocycles. The Morgan fingerprint density at radius 1 is 1.25 bits per heavy atom. The Hall–Kier alpha value is -2.40. The number of ether oxygens (including phenoxy) is 1. The van der Waals surface area contributed by atoms with Crippen molar-refractivity contribution in [2.24, 2.45) is 0 Å². The molecule has 3 atom stereocenters. The van der Waals surface area contributed by atoms with Crippen LogP contribution in [-0.2, 0) is 11.2 Å². The topological polar surface area (TPSA) is 41.6 Å². The maximum absolute atomic E-state index is 13.9. The van der Waals surface area contributed by atoms with Gasteiger partial charge in [-0.15, -0.1) is 0 Å². The zero-order chi connectivity index (χ0) is 19.5. The Bertz CT molecular complexity index is 841. The fraction of sp³-hybridized carbons (Fsp3) is 0.435. The number of hydrogen-bond acceptors (Lipinski definition) is 3. The molecule has 0 aliphatic carbocycles. The van der Waals surface area contributed by atoms with E-state index >= 15 is 0 Å². The highest BCUT2D eigenvalue weighted by Gasteiger charge is 2.45. The van der Waals surface area contributed by atoms with Gasteiger partial charge in [-0.2, -0.15) is 0 Å². The van der Waals surface area contributed by atoms with Gasteiger partial charge in [0, 0.05) is 31.0 Å². The minimum Gasteiger partial charge on any atom is -0.497 e. The summed E-state index contributed by atoms with van der Waals surface area (Å²) in [5.74, 6) is 0.975. The summed E-state index contributed by atoms with van der Waals surface area (Å²) < 4.78 is 19.3. The first-order chi connectivity index (χ1) is 13.7. The Labute approximate surface area is 165 Å². The largest absolute Gasteiger partial charge is 0.497 e. The van der Waals surface area contributed by atoms with Crippen LogP contribution in [0.15, 0.2) is 48.5 Å². The number of fused-ring (bicyclic) bond motifs is 1. The van der Waals surface area contributed by atoms with Gasteiger partial charge >= 0.3 is 0 Å². The molecule has 1 N–H and O–H groups in total. The maximum atomic E-state index is 13.9. The zero-order valence-electron chi connectivity index (χ0n) is 16.2. The summed E-state index contributed by atoms with van der Waals surface area (Å²) in [4.78, 5) is 15.1. The minimum absolute atomic E-state index is 0.118. The first-order valence-electron chi connectivity index (χ1n) is 10.1. The van der Waals surface area contributed by atoms with Crippen molar-refractivity contribution in [3.8, 4) is 5.75 Å². The number of methoxy groups -OCH3 is 1. The molecule has 0 saturated carbocycles. The molecule has 0 bridgehead atoms. The van der Waals surface area contributed by atoms with E-state index in [1.54, 1.807) is 19.2 Å². The number of nitrogens with one attached hydrogen (secondary N) is 1. The first-order valence-corrected chi connectivity index (χ1v) is 10.1. The van der Waals surface area contributed by atoms with E-state index in [0.29, 0.717) is 24.9 Å². The second kappa shape index (κ2) is 8.31. The van der Waals surface area contributed by atoms with Crippen molar-refractivity contribution in [3.63, 3.8) is 0 Å². The highest BCUT2D eigenvalue weighted by Crippen LogP contribution is 2.37. The van der Waals surface area contributed by atoms with Crippen LogP contribution in [0.3, 0.4) is 0 Å². The lowest BCUT2D eigenvalue weighted by Crippen LogP contribution is -2.49. The number of likely N-dealkylation sites (tertiary alicyclic amines) is 1. The van der Waals surface area contributed by atoms with Crippen LogP contribution >= 0.6 is 0 Å². The smallest absolute Gasteiger partial charge is 0.223 e. The number of carbonyl (C=O) groups excluding carboxylic acids is 1. The third-order valence-corrected chi connectivity index (χ3v) is 6.11. The number of carbonyl (C=O) groups is 1. The van der Waals surface area contributed by atoms with E-state index in [1.165, 1.54) is 11.6 Å². The number of halogens is 1. The van der Waals surface area contributed by atoms with Crippen molar-refractivity contribution in [3.05, 3.63) is 65.5 Å². The van der Waals surface area contributed by atoms with Gasteiger partial charge in [-0.1, -0.05) is 30.3 Å². The maximum Gasteiger partial charge on any atom is 0.223 e. The van der Waals surface area contributed by atoms with E-state index in [1.807, 2.05) is 23.1 Å². The van der Waals surface area contributed by atoms with E-state index in [9.17, 15) is 9.18 Å². The van der Waals surface area contributed by atoms with Crippen molar-refractivity contribution in [2.45, 2.75) is 43.7 Å². The number of amides is 1. The Kier molecular flexibility index (Phi) is 5.62. The van der Waals surface area contributed by atoms with E-state index < -0.39 is 0 Å². The van der Waals surface area contributed by atoms with E-state index in [-0.39, 0.29) is 29.7 Å². The number of hydrogen-bond donors (Lipinski definition) is 1. The normalized spacial score (nSPS) is 24.1. The molecule has 2 fully saturated rings. The molecule has 28 heavy (non-hydrogen) atoms. The molecule has 2 aromatic rings. The number of benzene rings is 2. The van der Waals surface area contributed by atoms with Gasteiger partial charge in [-0.25, -0.2) is 4.39 Å². The Balaban J connectivity index is 1.50. The zero-order valence-corrected chi connectivity index (χ0v) is 16.2. The number of rotatable bonds is 5. The molecule has 2 aliphatic rings. The molecule has 2 heterocycles. The molecule has 2 saturated heterocycles. The summed E-state index contributed by atoms with van der Waals surface area (Å²) in [7, 11) is 1.67. The van der Waals surface area contributed by atoms with Crippen molar-refractivity contribution >= 4 is 5.91 Å². The summed E-state index contributed by atoms with van der Waals surface area (Å²) in [6.07, 6.45) is 2.87. The average Bonchev–Trinajstić information content (AvgIpc) is 3.13. The summed E-state index contributed by atoms with van der Waals surface area (Å²) >= 11 is 0. The van der Waals surface area contributed by atoms with Crippen molar-refractivity contribution in [2.75, 3.05) is 20.2 Å². The number of nitrogens with zero attached hydrogens (tertiary/aromatic N) is 1. The lowest BCUT2D eigenvalue weighted by atomic mass is 9.87. The molecule has 0 unspecified atom stereocenters. The molecular weight excluding hydrogens is 355 g/mol. The second-order valence-corrected chi connectivity index (χ2v) is 7.71. The van der Waals surface area contributed by atoms with Crippen LogP contribution in [0.5, 0.6) is 5.75 Å². The van der Waals surface area contributed by atoms with Crippen molar-refractivity contribution < 1.29 is 13.9 Å². The summed E-state index contributed by atoms with van der Waals surface area (Å²) in [5, 5.41) is 3.64. The Morgan fingerprint density at radius 3 is 2.93 bits per heavy atom. The van der Waals surface area contributed by atoms with Crippen LogP contribution in [0.2, 0.25) is 0 Å². The van der Waals surface area contributed by atoms with Gasteiger partial charge in [-0.05, 0) is 55.1 Å². The third kappa shape index (κ3) is 3.76. The van der Waals surface area contributed by atoms with Gasteiger partial charge in [0.05, 0.1) is 7.11 Å².